The first-order valence-corrected chi connectivity index (χ1v) is 9.71. The van der Waals surface area contributed by atoms with Crippen LogP contribution >= 0.6 is 0 Å². The van der Waals surface area contributed by atoms with Gasteiger partial charge in [0.25, 0.3) is 5.91 Å². The smallest absolute Gasteiger partial charge is 0.433 e. The van der Waals surface area contributed by atoms with Crippen LogP contribution in [-0.2, 0) is 6.18 Å². The molecule has 1 fully saturated rings. The Morgan fingerprint density at radius 1 is 1.17 bits per heavy atom. The Hall–Kier alpha value is -3.10. The SMILES string of the molecule is COc1ccc(-c2cc(C(F)(F)F)n3nc(C(=O)N4CCCCC4C)cc3n2)cc1. The zero-order valence-corrected chi connectivity index (χ0v) is 16.6. The lowest BCUT2D eigenvalue weighted by atomic mass is 10.0. The Kier molecular flexibility index (Phi) is 5.13. The van der Waals surface area contributed by atoms with Crippen LogP contribution in [-0.4, -0.2) is 45.1 Å². The van der Waals surface area contributed by atoms with Crippen molar-refractivity contribution >= 4 is 11.6 Å². The van der Waals surface area contributed by atoms with Gasteiger partial charge in [0.15, 0.2) is 17.0 Å². The molecule has 3 heterocycles. The molecule has 2 aromatic heterocycles. The second-order valence-corrected chi connectivity index (χ2v) is 7.40. The van der Waals surface area contributed by atoms with Gasteiger partial charge in [-0.05, 0) is 56.5 Å². The summed E-state index contributed by atoms with van der Waals surface area (Å²) in [5.41, 5.74) is -0.397. The molecule has 0 bridgehead atoms. The van der Waals surface area contributed by atoms with Gasteiger partial charge < -0.3 is 9.64 Å². The van der Waals surface area contributed by atoms with E-state index in [2.05, 4.69) is 10.1 Å². The highest BCUT2D eigenvalue weighted by atomic mass is 19.4. The molecule has 30 heavy (non-hydrogen) atoms. The number of nitrogens with zero attached hydrogens (tertiary/aromatic N) is 4. The van der Waals surface area contributed by atoms with Crippen LogP contribution in [0.4, 0.5) is 13.2 Å². The first kappa shape index (κ1) is 20.2. The van der Waals surface area contributed by atoms with E-state index in [-0.39, 0.29) is 29.0 Å². The first-order valence-electron chi connectivity index (χ1n) is 9.71. The minimum Gasteiger partial charge on any atom is -0.497 e. The van der Waals surface area contributed by atoms with Gasteiger partial charge >= 0.3 is 6.18 Å². The van der Waals surface area contributed by atoms with Gasteiger partial charge in [0.2, 0.25) is 0 Å². The van der Waals surface area contributed by atoms with Gasteiger partial charge in [0, 0.05) is 24.2 Å². The lowest BCUT2D eigenvalue weighted by Gasteiger charge is -2.32. The van der Waals surface area contributed by atoms with Crippen molar-refractivity contribution in [2.24, 2.45) is 0 Å². The third-order valence-electron chi connectivity index (χ3n) is 5.39. The van der Waals surface area contributed by atoms with Crippen LogP contribution in [0.5, 0.6) is 5.75 Å². The molecule has 1 aromatic carbocycles. The summed E-state index contributed by atoms with van der Waals surface area (Å²) in [7, 11) is 1.51. The number of ether oxygens (including phenoxy) is 1. The molecular weight excluding hydrogens is 397 g/mol. The fourth-order valence-corrected chi connectivity index (χ4v) is 3.74. The summed E-state index contributed by atoms with van der Waals surface area (Å²) in [4.78, 5) is 18.9. The molecule has 4 rings (SSSR count). The van der Waals surface area contributed by atoms with E-state index in [0.717, 1.165) is 25.3 Å². The predicted molar refractivity (Wildman–Crippen MR) is 104 cm³/mol. The molecule has 1 amide bonds. The number of benzene rings is 1. The van der Waals surface area contributed by atoms with E-state index < -0.39 is 11.9 Å². The molecule has 0 N–H and O–H groups in total. The summed E-state index contributed by atoms with van der Waals surface area (Å²) in [5, 5.41) is 3.97. The van der Waals surface area contributed by atoms with Crippen LogP contribution in [0.3, 0.4) is 0 Å². The van der Waals surface area contributed by atoms with E-state index in [4.69, 9.17) is 4.74 Å². The summed E-state index contributed by atoms with van der Waals surface area (Å²) in [5.74, 6) is 0.218. The Bertz CT molecular complexity index is 1080. The van der Waals surface area contributed by atoms with Crippen molar-refractivity contribution in [3.63, 3.8) is 0 Å². The van der Waals surface area contributed by atoms with Crippen LogP contribution in [0.1, 0.15) is 42.4 Å². The standard InChI is InChI=1S/C21H21F3N4O2/c1-13-5-3-4-10-27(13)20(29)17-12-19-25-16(14-6-8-15(30-2)9-7-14)11-18(21(22,23)24)28(19)26-17/h6-9,11-13H,3-5,10H2,1-2H3. The molecule has 1 atom stereocenters. The lowest BCUT2D eigenvalue weighted by Crippen LogP contribution is -2.42. The van der Waals surface area contributed by atoms with Crippen LogP contribution < -0.4 is 4.74 Å². The minimum absolute atomic E-state index is 0.0244. The van der Waals surface area contributed by atoms with Crippen molar-refractivity contribution in [3.8, 4) is 17.0 Å². The quantitative estimate of drug-likeness (QED) is 0.631. The molecule has 0 aliphatic carbocycles. The number of halogens is 3. The van der Waals surface area contributed by atoms with Crippen molar-refractivity contribution in [3.05, 3.63) is 47.8 Å². The number of hydrogen-bond donors (Lipinski definition) is 0. The van der Waals surface area contributed by atoms with Gasteiger partial charge in [-0.25, -0.2) is 9.50 Å². The molecule has 1 unspecified atom stereocenters. The molecule has 3 aromatic rings. The van der Waals surface area contributed by atoms with Crippen LogP contribution in [0.15, 0.2) is 36.4 Å². The van der Waals surface area contributed by atoms with Crippen molar-refractivity contribution in [2.45, 2.75) is 38.4 Å². The molecule has 1 aliphatic heterocycles. The van der Waals surface area contributed by atoms with Crippen molar-refractivity contribution in [2.75, 3.05) is 13.7 Å². The number of carbonyl (C=O) groups excluding carboxylic acids is 1. The van der Waals surface area contributed by atoms with Gasteiger partial charge in [-0.1, -0.05) is 0 Å². The molecular formula is C21H21F3N4O2. The molecule has 0 saturated carbocycles. The van der Waals surface area contributed by atoms with Crippen molar-refractivity contribution in [1.29, 1.82) is 0 Å². The van der Waals surface area contributed by atoms with E-state index in [9.17, 15) is 18.0 Å². The van der Waals surface area contributed by atoms with Crippen LogP contribution in [0.25, 0.3) is 16.9 Å². The minimum atomic E-state index is -4.66. The number of fused-ring (bicyclic) bond motifs is 1. The third kappa shape index (κ3) is 3.71. The van der Waals surface area contributed by atoms with E-state index in [0.29, 0.717) is 22.4 Å². The maximum absolute atomic E-state index is 13.8. The van der Waals surface area contributed by atoms with Crippen molar-refractivity contribution < 1.29 is 22.7 Å². The Labute approximate surface area is 171 Å². The second-order valence-electron chi connectivity index (χ2n) is 7.40. The lowest BCUT2D eigenvalue weighted by molar-refractivity contribution is -0.142. The maximum atomic E-state index is 13.8. The summed E-state index contributed by atoms with van der Waals surface area (Å²) in [6, 6.07) is 8.87. The zero-order valence-electron chi connectivity index (χ0n) is 16.6. The number of alkyl halides is 3. The number of aromatic nitrogens is 3. The molecule has 0 spiro atoms. The van der Waals surface area contributed by atoms with E-state index in [1.165, 1.54) is 13.2 Å². The van der Waals surface area contributed by atoms with Gasteiger partial charge in [0.05, 0.1) is 12.8 Å². The molecule has 6 nitrogen and oxygen atoms in total. The number of methoxy groups -OCH3 is 1. The largest absolute Gasteiger partial charge is 0.497 e. The zero-order chi connectivity index (χ0) is 21.5. The van der Waals surface area contributed by atoms with E-state index in [1.54, 1.807) is 29.2 Å². The Balaban J connectivity index is 1.80. The number of likely N-dealkylation sites (tertiary alicyclic amines) is 1. The van der Waals surface area contributed by atoms with Gasteiger partial charge in [-0.3, -0.25) is 4.79 Å². The number of amides is 1. The topological polar surface area (TPSA) is 59.7 Å². The fraction of sp³-hybridized carbons (Fsp3) is 0.381. The van der Waals surface area contributed by atoms with Crippen LogP contribution in [0.2, 0.25) is 0 Å². The highest BCUT2D eigenvalue weighted by molar-refractivity contribution is 5.93. The number of rotatable bonds is 3. The monoisotopic (exact) mass is 418 g/mol. The van der Waals surface area contributed by atoms with Gasteiger partial charge in [0.1, 0.15) is 5.75 Å². The highest BCUT2D eigenvalue weighted by Crippen LogP contribution is 2.33. The maximum Gasteiger partial charge on any atom is 0.433 e. The summed E-state index contributed by atoms with van der Waals surface area (Å²) in [6.07, 6.45) is -1.89. The van der Waals surface area contributed by atoms with Gasteiger partial charge in [-0.15, -0.1) is 0 Å². The second kappa shape index (κ2) is 7.62. The average molecular weight is 418 g/mol. The molecule has 9 heteroatoms. The molecule has 0 radical (unpaired) electrons. The van der Waals surface area contributed by atoms with Crippen molar-refractivity contribution in [1.82, 2.24) is 19.5 Å². The molecule has 158 valence electrons. The summed E-state index contributed by atoms with van der Waals surface area (Å²) >= 11 is 0. The summed E-state index contributed by atoms with van der Waals surface area (Å²) in [6.45, 7) is 2.51. The Morgan fingerprint density at radius 3 is 2.53 bits per heavy atom. The molecule has 1 aliphatic rings. The van der Waals surface area contributed by atoms with E-state index >= 15 is 0 Å². The van der Waals surface area contributed by atoms with Crippen LogP contribution in [0, 0.1) is 0 Å². The molecule has 1 saturated heterocycles. The normalized spacial score (nSPS) is 17.4. The number of hydrogen-bond acceptors (Lipinski definition) is 4. The summed E-state index contributed by atoms with van der Waals surface area (Å²) < 4.78 is 47.1. The number of carbonyl (C=O) groups is 1. The number of piperidine rings is 1. The van der Waals surface area contributed by atoms with E-state index in [1.807, 2.05) is 6.92 Å². The van der Waals surface area contributed by atoms with Gasteiger partial charge in [-0.2, -0.15) is 18.3 Å². The average Bonchev–Trinajstić information content (AvgIpc) is 3.16. The third-order valence-corrected chi connectivity index (χ3v) is 5.39. The predicted octanol–water partition coefficient (Wildman–Crippen LogP) is 4.44. The Morgan fingerprint density at radius 2 is 1.90 bits per heavy atom. The highest BCUT2D eigenvalue weighted by Gasteiger charge is 2.36. The first-order chi connectivity index (χ1) is 14.3. The fourth-order valence-electron chi connectivity index (χ4n) is 3.74.